The number of ether oxygens (including phenoxy) is 3. The van der Waals surface area contributed by atoms with Crippen LogP contribution in [-0.4, -0.2) is 30.0 Å². The van der Waals surface area contributed by atoms with Crippen molar-refractivity contribution >= 4 is 21.9 Å². The van der Waals surface area contributed by atoms with Gasteiger partial charge in [-0.15, -0.1) is 0 Å². The summed E-state index contributed by atoms with van der Waals surface area (Å²) in [4.78, 5) is 11.8. The zero-order chi connectivity index (χ0) is 22.7. The van der Waals surface area contributed by atoms with Crippen LogP contribution in [0.4, 0.5) is 4.39 Å². The third-order valence-corrected chi connectivity index (χ3v) is 6.49. The van der Waals surface area contributed by atoms with E-state index in [0.29, 0.717) is 28.4 Å². The van der Waals surface area contributed by atoms with E-state index in [1.165, 1.54) is 25.0 Å². The van der Waals surface area contributed by atoms with Gasteiger partial charge in [0.05, 0.1) is 26.8 Å². The molecule has 2 aromatic carbocycles. The monoisotopic (exact) mass is 502 g/mol. The Morgan fingerprint density at radius 2 is 2.03 bits per heavy atom. The highest BCUT2D eigenvalue weighted by atomic mass is 79.9. The lowest BCUT2D eigenvalue weighted by Gasteiger charge is -2.16. The van der Waals surface area contributed by atoms with Crippen molar-refractivity contribution in [2.45, 2.75) is 31.8 Å². The van der Waals surface area contributed by atoms with E-state index in [9.17, 15) is 9.18 Å². The van der Waals surface area contributed by atoms with Crippen LogP contribution in [0.25, 0.3) is 5.69 Å². The van der Waals surface area contributed by atoms with Gasteiger partial charge in [0.2, 0.25) is 0 Å². The number of benzene rings is 2. The number of aromatic nitrogens is 2. The van der Waals surface area contributed by atoms with Crippen LogP contribution < -0.4 is 9.47 Å². The summed E-state index contributed by atoms with van der Waals surface area (Å²) in [6.45, 7) is 0.251. The molecule has 4 rings (SSSR count). The maximum Gasteiger partial charge on any atom is 0.306 e. The Bertz CT molecular complexity index is 1110. The average molecular weight is 503 g/mol. The van der Waals surface area contributed by atoms with Crippen molar-refractivity contribution in [3.63, 3.8) is 0 Å². The standard InChI is InChI=1S/C24H24BrFN2O4/c1-30-18-8-9-21(26)22(11-18)28-24(25)17(13-27-28)14-32-19-5-3-4-16(10-19)20(15-6-7-15)12-23(29)31-2/h3-5,8-11,13,15,20H,6-7,12,14H2,1-2H3. The van der Waals surface area contributed by atoms with Crippen LogP contribution >= 0.6 is 15.9 Å². The second-order valence-corrected chi connectivity index (χ2v) is 8.53. The molecule has 1 atom stereocenters. The van der Waals surface area contributed by atoms with E-state index in [0.717, 1.165) is 24.0 Å². The Balaban J connectivity index is 1.49. The fraction of sp³-hybridized carbons (Fsp3) is 0.333. The zero-order valence-electron chi connectivity index (χ0n) is 17.9. The highest BCUT2D eigenvalue weighted by Gasteiger charge is 2.34. The number of hydrogen-bond acceptors (Lipinski definition) is 5. The number of carbonyl (C=O) groups is 1. The van der Waals surface area contributed by atoms with Crippen LogP contribution in [0.1, 0.15) is 36.3 Å². The molecular formula is C24H24BrFN2O4. The van der Waals surface area contributed by atoms with Crippen molar-refractivity contribution in [2.75, 3.05) is 14.2 Å². The molecule has 0 bridgehead atoms. The number of esters is 1. The van der Waals surface area contributed by atoms with Crippen molar-refractivity contribution in [3.8, 4) is 17.2 Å². The maximum atomic E-state index is 14.3. The van der Waals surface area contributed by atoms with Crippen LogP contribution in [-0.2, 0) is 16.1 Å². The van der Waals surface area contributed by atoms with E-state index in [1.807, 2.05) is 24.3 Å². The highest BCUT2D eigenvalue weighted by Crippen LogP contribution is 2.45. The quantitative estimate of drug-likeness (QED) is 0.365. The molecule has 0 aliphatic heterocycles. The van der Waals surface area contributed by atoms with E-state index in [4.69, 9.17) is 14.2 Å². The molecule has 1 aliphatic carbocycles. The van der Waals surface area contributed by atoms with Crippen molar-refractivity contribution in [3.05, 3.63) is 70.2 Å². The molecule has 1 aromatic heterocycles. The molecule has 1 aliphatic rings. The van der Waals surface area contributed by atoms with E-state index in [-0.39, 0.29) is 24.2 Å². The molecule has 6 nitrogen and oxygen atoms in total. The Hall–Kier alpha value is -2.87. The molecule has 8 heteroatoms. The first-order chi connectivity index (χ1) is 15.5. The molecule has 0 radical (unpaired) electrons. The first-order valence-corrected chi connectivity index (χ1v) is 11.1. The molecule has 168 valence electrons. The van der Waals surface area contributed by atoms with Crippen LogP contribution in [0.15, 0.2) is 53.3 Å². The van der Waals surface area contributed by atoms with Gasteiger partial charge in [0, 0.05) is 11.6 Å². The van der Waals surface area contributed by atoms with Crippen LogP contribution in [0, 0.1) is 11.7 Å². The third-order valence-electron chi connectivity index (χ3n) is 5.65. The third kappa shape index (κ3) is 4.96. The molecule has 0 N–H and O–H groups in total. The minimum Gasteiger partial charge on any atom is -0.497 e. The van der Waals surface area contributed by atoms with Gasteiger partial charge >= 0.3 is 5.97 Å². The van der Waals surface area contributed by atoms with Gasteiger partial charge in [0.25, 0.3) is 0 Å². The van der Waals surface area contributed by atoms with Crippen molar-refractivity contribution in [1.29, 1.82) is 0 Å². The number of halogens is 2. The van der Waals surface area contributed by atoms with Crippen molar-refractivity contribution in [1.82, 2.24) is 9.78 Å². The lowest BCUT2D eigenvalue weighted by Crippen LogP contribution is -2.10. The van der Waals surface area contributed by atoms with Gasteiger partial charge in [-0.25, -0.2) is 9.07 Å². The van der Waals surface area contributed by atoms with Crippen molar-refractivity contribution in [2.24, 2.45) is 5.92 Å². The molecule has 1 unspecified atom stereocenters. The largest absolute Gasteiger partial charge is 0.497 e. The summed E-state index contributed by atoms with van der Waals surface area (Å²) in [7, 11) is 2.95. The summed E-state index contributed by atoms with van der Waals surface area (Å²) in [5.74, 6) is 1.27. The van der Waals surface area contributed by atoms with Crippen LogP contribution in [0.2, 0.25) is 0 Å². The van der Waals surface area contributed by atoms with Gasteiger partial charge in [-0.3, -0.25) is 4.79 Å². The molecule has 0 saturated heterocycles. The van der Waals surface area contributed by atoms with E-state index < -0.39 is 5.82 Å². The molecule has 32 heavy (non-hydrogen) atoms. The predicted octanol–water partition coefficient (Wildman–Crippen LogP) is 5.42. The van der Waals surface area contributed by atoms with Crippen molar-refractivity contribution < 1.29 is 23.4 Å². The van der Waals surface area contributed by atoms with Gasteiger partial charge in [0.1, 0.15) is 34.2 Å². The lowest BCUT2D eigenvalue weighted by atomic mass is 9.91. The van der Waals surface area contributed by atoms with E-state index in [1.54, 1.807) is 18.3 Å². The Morgan fingerprint density at radius 3 is 2.75 bits per heavy atom. The number of rotatable bonds is 9. The van der Waals surface area contributed by atoms with Gasteiger partial charge in [-0.1, -0.05) is 12.1 Å². The fourth-order valence-electron chi connectivity index (χ4n) is 3.73. The summed E-state index contributed by atoms with van der Waals surface area (Å²) in [6.07, 6.45) is 4.26. The molecule has 1 heterocycles. The minimum absolute atomic E-state index is 0.136. The molecular weight excluding hydrogens is 479 g/mol. The number of methoxy groups -OCH3 is 2. The van der Waals surface area contributed by atoms with E-state index in [2.05, 4.69) is 21.0 Å². The van der Waals surface area contributed by atoms with Gasteiger partial charge < -0.3 is 14.2 Å². The van der Waals surface area contributed by atoms with Crippen LogP contribution in [0.5, 0.6) is 11.5 Å². The Kier molecular flexibility index (Phi) is 6.79. The fourth-order valence-corrected chi connectivity index (χ4v) is 4.23. The summed E-state index contributed by atoms with van der Waals surface area (Å²) in [5.41, 5.74) is 2.12. The maximum absolute atomic E-state index is 14.3. The van der Waals surface area contributed by atoms with Crippen LogP contribution in [0.3, 0.4) is 0 Å². The Labute approximate surface area is 194 Å². The molecule has 0 amide bonds. The van der Waals surface area contributed by atoms with Gasteiger partial charge in [-0.2, -0.15) is 5.10 Å². The minimum atomic E-state index is -0.411. The topological polar surface area (TPSA) is 62.6 Å². The molecule has 3 aromatic rings. The van der Waals surface area contributed by atoms with Gasteiger partial charge in [-0.05, 0) is 70.4 Å². The number of carbonyl (C=O) groups excluding carboxylic acids is 1. The summed E-state index contributed by atoms with van der Waals surface area (Å²) >= 11 is 3.50. The summed E-state index contributed by atoms with van der Waals surface area (Å²) in [5, 5.41) is 4.30. The molecule has 1 fully saturated rings. The first kappa shape index (κ1) is 22.3. The second-order valence-electron chi connectivity index (χ2n) is 7.78. The van der Waals surface area contributed by atoms with Gasteiger partial charge in [0.15, 0.2) is 0 Å². The molecule has 0 spiro atoms. The lowest BCUT2D eigenvalue weighted by molar-refractivity contribution is -0.141. The average Bonchev–Trinajstić information content (AvgIpc) is 3.59. The van der Waals surface area contributed by atoms with E-state index >= 15 is 0 Å². The highest BCUT2D eigenvalue weighted by molar-refractivity contribution is 9.10. The SMILES string of the molecule is COC(=O)CC(c1cccc(OCc2cnn(-c3cc(OC)ccc3F)c2Br)c1)C1CC1. The molecule has 1 saturated carbocycles. The first-order valence-electron chi connectivity index (χ1n) is 10.4. The number of nitrogens with zero attached hydrogens (tertiary/aromatic N) is 2. The predicted molar refractivity (Wildman–Crippen MR) is 121 cm³/mol. The smallest absolute Gasteiger partial charge is 0.306 e. The summed E-state index contributed by atoms with van der Waals surface area (Å²) in [6, 6.07) is 12.3. The Morgan fingerprint density at radius 1 is 1.22 bits per heavy atom. The number of hydrogen-bond donors (Lipinski definition) is 0. The normalized spacial score (nSPS) is 14.1. The summed E-state index contributed by atoms with van der Waals surface area (Å²) < 4.78 is 32.5. The second kappa shape index (κ2) is 9.73. The zero-order valence-corrected chi connectivity index (χ0v) is 19.5.